The van der Waals surface area contributed by atoms with Gasteiger partial charge in [-0.3, -0.25) is 9.48 Å². The number of para-hydroxylation sites is 1. The molecule has 0 aliphatic carbocycles. The van der Waals surface area contributed by atoms with Crippen molar-refractivity contribution >= 4 is 11.6 Å². The molecule has 2 rings (SSSR count). The average Bonchev–Trinajstić information content (AvgIpc) is 2.72. The van der Waals surface area contributed by atoms with Crippen LogP contribution in [0.5, 0.6) is 0 Å². The highest BCUT2D eigenvalue weighted by atomic mass is 16.1. The minimum atomic E-state index is 0.0617. The van der Waals surface area contributed by atoms with E-state index in [4.69, 9.17) is 0 Å². The summed E-state index contributed by atoms with van der Waals surface area (Å²) in [5, 5.41) is 7.48. The number of carbonyl (C=O) groups is 1. The minimum absolute atomic E-state index is 0.0617. The second-order valence-electron chi connectivity index (χ2n) is 5.78. The Morgan fingerprint density at radius 2 is 2.00 bits per heavy atom. The normalized spacial score (nSPS) is 10.8. The van der Waals surface area contributed by atoms with Gasteiger partial charge in [0.15, 0.2) is 0 Å². The summed E-state index contributed by atoms with van der Waals surface area (Å²) in [5.74, 6) is 0.0617. The SMILES string of the molecule is CCc1cccc(C)c1NC(=O)CCc1c(C)nn(C)c1C. The summed E-state index contributed by atoms with van der Waals surface area (Å²) < 4.78 is 1.87. The Morgan fingerprint density at radius 3 is 2.59 bits per heavy atom. The lowest BCUT2D eigenvalue weighted by Gasteiger charge is -2.13. The van der Waals surface area contributed by atoms with Crippen molar-refractivity contribution in [3.63, 3.8) is 0 Å². The van der Waals surface area contributed by atoms with Gasteiger partial charge < -0.3 is 5.32 Å². The van der Waals surface area contributed by atoms with Gasteiger partial charge >= 0.3 is 0 Å². The lowest BCUT2D eigenvalue weighted by atomic mass is 10.0. The van der Waals surface area contributed by atoms with E-state index >= 15 is 0 Å². The Balaban J connectivity index is 2.05. The zero-order valence-electron chi connectivity index (χ0n) is 14.2. The van der Waals surface area contributed by atoms with Crippen molar-refractivity contribution in [2.75, 3.05) is 5.32 Å². The Labute approximate surface area is 132 Å². The number of rotatable bonds is 5. The molecular formula is C18H25N3O. The van der Waals surface area contributed by atoms with Gasteiger partial charge in [-0.2, -0.15) is 5.10 Å². The Bertz CT molecular complexity index is 686. The molecule has 0 fully saturated rings. The van der Waals surface area contributed by atoms with Crippen LogP contribution in [0.25, 0.3) is 0 Å². The molecule has 0 aliphatic rings. The fourth-order valence-electron chi connectivity index (χ4n) is 2.82. The third-order valence-electron chi connectivity index (χ3n) is 4.27. The highest BCUT2D eigenvalue weighted by Gasteiger charge is 2.13. The molecular weight excluding hydrogens is 274 g/mol. The third kappa shape index (κ3) is 3.38. The quantitative estimate of drug-likeness (QED) is 0.919. The molecule has 22 heavy (non-hydrogen) atoms. The van der Waals surface area contributed by atoms with Gasteiger partial charge in [0.1, 0.15) is 0 Å². The van der Waals surface area contributed by atoms with E-state index < -0.39 is 0 Å². The predicted molar refractivity (Wildman–Crippen MR) is 90.2 cm³/mol. The molecule has 1 heterocycles. The van der Waals surface area contributed by atoms with Crippen molar-refractivity contribution in [3.05, 3.63) is 46.3 Å². The molecule has 4 nitrogen and oxygen atoms in total. The van der Waals surface area contributed by atoms with E-state index in [1.807, 2.05) is 44.6 Å². The number of amides is 1. The molecule has 0 unspecified atom stereocenters. The average molecular weight is 299 g/mol. The first-order chi connectivity index (χ1) is 10.4. The number of aromatic nitrogens is 2. The van der Waals surface area contributed by atoms with E-state index in [1.54, 1.807) is 0 Å². The van der Waals surface area contributed by atoms with Crippen molar-refractivity contribution in [2.24, 2.45) is 7.05 Å². The monoisotopic (exact) mass is 299 g/mol. The van der Waals surface area contributed by atoms with Crippen molar-refractivity contribution in [1.29, 1.82) is 0 Å². The molecule has 0 bridgehead atoms. The second kappa shape index (κ2) is 6.77. The summed E-state index contributed by atoms with van der Waals surface area (Å²) in [7, 11) is 1.94. The molecule has 0 radical (unpaired) electrons. The van der Waals surface area contributed by atoms with Crippen molar-refractivity contribution in [3.8, 4) is 0 Å². The van der Waals surface area contributed by atoms with E-state index in [0.29, 0.717) is 6.42 Å². The Morgan fingerprint density at radius 1 is 1.27 bits per heavy atom. The molecule has 118 valence electrons. The van der Waals surface area contributed by atoms with Crippen LogP contribution < -0.4 is 5.32 Å². The summed E-state index contributed by atoms with van der Waals surface area (Å²) in [5.41, 5.74) is 6.59. The molecule has 1 aromatic heterocycles. The fourth-order valence-corrected chi connectivity index (χ4v) is 2.82. The summed E-state index contributed by atoms with van der Waals surface area (Å²) in [6.45, 7) is 8.18. The number of carbonyl (C=O) groups excluding carboxylic acids is 1. The zero-order chi connectivity index (χ0) is 16.3. The fraction of sp³-hybridized carbons (Fsp3) is 0.444. The molecule has 0 saturated heterocycles. The maximum atomic E-state index is 12.3. The molecule has 2 aromatic rings. The van der Waals surface area contributed by atoms with Crippen molar-refractivity contribution in [1.82, 2.24) is 9.78 Å². The van der Waals surface area contributed by atoms with Crippen LogP contribution in [-0.4, -0.2) is 15.7 Å². The van der Waals surface area contributed by atoms with Gasteiger partial charge in [0.25, 0.3) is 0 Å². The van der Waals surface area contributed by atoms with Gasteiger partial charge in [-0.25, -0.2) is 0 Å². The largest absolute Gasteiger partial charge is 0.326 e. The molecule has 4 heteroatoms. The summed E-state index contributed by atoms with van der Waals surface area (Å²) >= 11 is 0. The number of aryl methyl sites for hydroxylation is 4. The topological polar surface area (TPSA) is 46.9 Å². The van der Waals surface area contributed by atoms with Crippen LogP contribution in [0.3, 0.4) is 0 Å². The predicted octanol–water partition coefficient (Wildman–Crippen LogP) is 3.48. The van der Waals surface area contributed by atoms with E-state index in [0.717, 1.165) is 35.5 Å². The zero-order valence-corrected chi connectivity index (χ0v) is 14.2. The number of nitrogens with one attached hydrogen (secondary N) is 1. The number of hydrogen-bond acceptors (Lipinski definition) is 2. The van der Waals surface area contributed by atoms with Gasteiger partial charge in [0, 0.05) is 24.8 Å². The number of anilines is 1. The first-order valence-electron chi connectivity index (χ1n) is 7.81. The van der Waals surface area contributed by atoms with Gasteiger partial charge in [-0.1, -0.05) is 25.1 Å². The standard InChI is InChI=1S/C18H25N3O/c1-6-15-9-7-8-12(2)18(15)19-17(22)11-10-16-13(3)20-21(5)14(16)4/h7-9H,6,10-11H2,1-5H3,(H,19,22). The molecule has 0 atom stereocenters. The van der Waals surface area contributed by atoms with Crippen LogP contribution in [0.2, 0.25) is 0 Å². The molecule has 0 saturated carbocycles. The molecule has 0 aliphatic heterocycles. The van der Waals surface area contributed by atoms with Gasteiger partial charge in [0.2, 0.25) is 5.91 Å². The van der Waals surface area contributed by atoms with Crippen LogP contribution >= 0.6 is 0 Å². The maximum absolute atomic E-state index is 12.3. The molecule has 1 aromatic carbocycles. The summed E-state index contributed by atoms with van der Waals surface area (Å²) in [6.07, 6.45) is 2.12. The Hall–Kier alpha value is -2.10. The highest BCUT2D eigenvalue weighted by molar-refractivity contribution is 5.92. The van der Waals surface area contributed by atoms with Crippen molar-refractivity contribution in [2.45, 2.75) is 47.0 Å². The molecule has 1 amide bonds. The van der Waals surface area contributed by atoms with E-state index in [1.165, 1.54) is 11.1 Å². The first kappa shape index (κ1) is 16.3. The number of benzene rings is 1. The Kier molecular flexibility index (Phi) is 5.01. The first-order valence-corrected chi connectivity index (χ1v) is 7.81. The van der Waals surface area contributed by atoms with E-state index in [-0.39, 0.29) is 5.91 Å². The molecule has 0 spiro atoms. The van der Waals surface area contributed by atoms with Crippen LogP contribution in [-0.2, 0) is 24.7 Å². The van der Waals surface area contributed by atoms with Crippen LogP contribution in [0.15, 0.2) is 18.2 Å². The van der Waals surface area contributed by atoms with Crippen LogP contribution in [0.1, 0.15) is 41.4 Å². The lowest BCUT2D eigenvalue weighted by molar-refractivity contribution is -0.116. The summed E-state index contributed by atoms with van der Waals surface area (Å²) in [4.78, 5) is 12.3. The minimum Gasteiger partial charge on any atom is -0.326 e. The van der Waals surface area contributed by atoms with E-state index in [2.05, 4.69) is 23.4 Å². The number of hydrogen-bond donors (Lipinski definition) is 1. The van der Waals surface area contributed by atoms with Crippen molar-refractivity contribution < 1.29 is 4.79 Å². The van der Waals surface area contributed by atoms with E-state index in [9.17, 15) is 4.79 Å². The number of nitrogens with zero attached hydrogens (tertiary/aromatic N) is 2. The second-order valence-corrected chi connectivity index (χ2v) is 5.78. The van der Waals surface area contributed by atoms with Crippen LogP contribution in [0.4, 0.5) is 5.69 Å². The smallest absolute Gasteiger partial charge is 0.224 e. The summed E-state index contributed by atoms with van der Waals surface area (Å²) in [6, 6.07) is 6.13. The third-order valence-corrected chi connectivity index (χ3v) is 4.27. The van der Waals surface area contributed by atoms with Gasteiger partial charge in [-0.15, -0.1) is 0 Å². The van der Waals surface area contributed by atoms with Gasteiger partial charge in [-0.05, 0) is 50.3 Å². The highest BCUT2D eigenvalue weighted by Crippen LogP contribution is 2.22. The molecule has 1 N–H and O–H groups in total. The maximum Gasteiger partial charge on any atom is 0.224 e. The lowest BCUT2D eigenvalue weighted by Crippen LogP contribution is -2.15. The van der Waals surface area contributed by atoms with Gasteiger partial charge in [0.05, 0.1) is 5.69 Å². The van der Waals surface area contributed by atoms with Crippen LogP contribution in [0, 0.1) is 20.8 Å².